The van der Waals surface area contributed by atoms with Gasteiger partial charge in [-0.15, -0.1) is 11.3 Å². The molecule has 0 saturated heterocycles. The summed E-state index contributed by atoms with van der Waals surface area (Å²) in [5, 5.41) is 2.44. The molecule has 0 bridgehead atoms. The van der Waals surface area contributed by atoms with Crippen LogP contribution in [-0.4, -0.2) is 15.0 Å². The van der Waals surface area contributed by atoms with E-state index in [9.17, 15) is 0 Å². The number of halogens is 2. The van der Waals surface area contributed by atoms with Crippen molar-refractivity contribution >= 4 is 49.1 Å². The summed E-state index contributed by atoms with van der Waals surface area (Å²) in [7, 11) is 0. The molecule has 3 rings (SSSR count). The van der Waals surface area contributed by atoms with Crippen molar-refractivity contribution < 1.29 is 0 Å². The summed E-state index contributed by atoms with van der Waals surface area (Å²) in [6.45, 7) is 0. The largest absolute Gasteiger partial charge is 0.265 e. The van der Waals surface area contributed by atoms with Crippen LogP contribution in [0.3, 0.4) is 0 Å². The first-order chi connectivity index (χ1) is 8.25. The molecule has 6 heteroatoms. The molecule has 0 aromatic carbocycles. The molecule has 0 saturated carbocycles. The second-order valence-electron chi connectivity index (χ2n) is 3.34. The first-order valence-electron chi connectivity index (χ1n) is 4.76. The molecule has 3 aromatic rings. The summed E-state index contributed by atoms with van der Waals surface area (Å²) in [4.78, 5) is 12.8. The number of thiophene rings is 1. The van der Waals surface area contributed by atoms with Crippen molar-refractivity contribution in [1.82, 2.24) is 15.0 Å². The SMILES string of the molecule is Clc1nc(-c2ccncc2)nc2c(Br)csc12. The lowest BCUT2D eigenvalue weighted by atomic mass is 10.2. The average molecular weight is 327 g/mol. The van der Waals surface area contributed by atoms with E-state index in [1.165, 1.54) is 11.3 Å². The number of fused-ring (bicyclic) bond motifs is 1. The van der Waals surface area contributed by atoms with Gasteiger partial charge in [0, 0.05) is 23.3 Å². The Labute approximate surface area is 115 Å². The van der Waals surface area contributed by atoms with Gasteiger partial charge in [-0.2, -0.15) is 0 Å². The monoisotopic (exact) mass is 325 g/mol. The van der Waals surface area contributed by atoms with Gasteiger partial charge in [0.05, 0.1) is 9.17 Å². The fraction of sp³-hybridized carbons (Fsp3) is 0. The topological polar surface area (TPSA) is 38.7 Å². The quantitative estimate of drug-likeness (QED) is 0.630. The molecule has 0 spiro atoms. The molecule has 0 amide bonds. The summed E-state index contributed by atoms with van der Waals surface area (Å²) in [5.41, 5.74) is 1.75. The smallest absolute Gasteiger partial charge is 0.161 e. The Kier molecular flexibility index (Phi) is 2.82. The maximum Gasteiger partial charge on any atom is 0.161 e. The second-order valence-corrected chi connectivity index (χ2v) is 5.43. The minimum absolute atomic E-state index is 0.484. The predicted molar refractivity (Wildman–Crippen MR) is 73.4 cm³/mol. The highest BCUT2D eigenvalue weighted by atomic mass is 79.9. The van der Waals surface area contributed by atoms with E-state index in [2.05, 4.69) is 30.9 Å². The van der Waals surface area contributed by atoms with Crippen molar-refractivity contribution in [3.63, 3.8) is 0 Å². The fourth-order valence-electron chi connectivity index (χ4n) is 1.49. The summed E-state index contributed by atoms with van der Waals surface area (Å²) >= 11 is 11.1. The predicted octanol–water partition coefficient (Wildman–Crippen LogP) is 4.17. The van der Waals surface area contributed by atoms with Gasteiger partial charge in [0.15, 0.2) is 11.0 Å². The van der Waals surface area contributed by atoms with Crippen LogP contribution in [0.5, 0.6) is 0 Å². The van der Waals surface area contributed by atoms with Gasteiger partial charge in [-0.3, -0.25) is 4.98 Å². The van der Waals surface area contributed by atoms with E-state index < -0.39 is 0 Å². The molecule has 0 aliphatic rings. The van der Waals surface area contributed by atoms with Gasteiger partial charge in [0.2, 0.25) is 0 Å². The molecule has 0 N–H and O–H groups in total. The summed E-state index contributed by atoms with van der Waals surface area (Å²) in [5.74, 6) is 0.615. The van der Waals surface area contributed by atoms with Crippen molar-refractivity contribution in [2.45, 2.75) is 0 Å². The Morgan fingerprint density at radius 2 is 1.94 bits per heavy atom. The number of aromatic nitrogens is 3. The molecule has 0 atom stereocenters. The lowest BCUT2D eigenvalue weighted by Gasteiger charge is -2.01. The van der Waals surface area contributed by atoms with Crippen LogP contribution in [0.2, 0.25) is 5.15 Å². The van der Waals surface area contributed by atoms with E-state index in [1.807, 2.05) is 17.5 Å². The van der Waals surface area contributed by atoms with Crippen LogP contribution in [0.4, 0.5) is 0 Å². The fourth-order valence-corrected chi connectivity index (χ4v) is 3.23. The molecule has 0 aliphatic heterocycles. The first kappa shape index (κ1) is 11.1. The van der Waals surface area contributed by atoms with Gasteiger partial charge < -0.3 is 0 Å². The van der Waals surface area contributed by atoms with Crippen LogP contribution in [-0.2, 0) is 0 Å². The second kappa shape index (κ2) is 4.33. The van der Waals surface area contributed by atoms with E-state index in [4.69, 9.17) is 11.6 Å². The average Bonchev–Trinajstić information content (AvgIpc) is 2.73. The van der Waals surface area contributed by atoms with Crippen LogP contribution in [0.1, 0.15) is 0 Å². The highest BCUT2D eigenvalue weighted by Crippen LogP contribution is 2.34. The highest BCUT2D eigenvalue weighted by molar-refractivity contribution is 9.10. The lowest BCUT2D eigenvalue weighted by Crippen LogP contribution is -1.90. The molecule has 84 valence electrons. The maximum absolute atomic E-state index is 6.15. The van der Waals surface area contributed by atoms with Gasteiger partial charge >= 0.3 is 0 Å². The van der Waals surface area contributed by atoms with Gasteiger partial charge in [-0.25, -0.2) is 9.97 Å². The van der Waals surface area contributed by atoms with Crippen molar-refractivity contribution in [2.24, 2.45) is 0 Å². The third-order valence-corrected chi connectivity index (χ3v) is 4.54. The van der Waals surface area contributed by atoms with Crippen LogP contribution in [0.15, 0.2) is 34.4 Å². The van der Waals surface area contributed by atoms with Gasteiger partial charge in [-0.1, -0.05) is 11.6 Å². The van der Waals surface area contributed by atoms with Crippen molar-refractivity contribution in [3.05, 3.63) is 39.5 Å². The van der Waals surface area contributed by atoms with Crippen LogP contribution >= 0.6 is 38.9 Å². The van der Waals surface area contributed by atoms with Crippen molar-refractivity contribution in [3.8, 4) is 11.4 Å². The minimum atomic E-state index is 0.484. The molecule has 3 aromatic heterocycles. The van der Waals surface area contributed by atoms with Crippen molar-refractivity contribution in [2.75, 3.05) is 0 Å². The number of nitrogens with zero attached hydrogens (tertiary/aromatic N) is 3. The molecule has 0 fully saturated rings. The Bertz CT molecular complexity index is 684. The van der Waals surface area contributed by atoms with Crippen LogP contribution in [0, 0.1) is 0 Å². The molecule has 0 radical (unpaired) electrons. The van der Waals surface area contributed by atoms with E-state index in [0.29, 0.717) is 11.0 Å². The van der Waals surface area contributed by atoms with Crippen LogP contribution in [0.25, 0.3) is 21.6 Å². The highest BCUT2D eigenvalue weighted by Gasteiger charge is 2.11. The van der Waals surface area contributed by atoms with Gasteiger partial charge in [0.25, 0.3) is 0 Å². The van der Waals surface area contributed by atoms with Crippen molar-refractivity contribution in [1.29, 1.82) is 0 Å². The number of rotatable bonds is 1. The number of hydrogen-bond donors (Lipinski definition) is 0. The zero-order valence-electron chi connectivity index (χ0n) is 8.39. The summed E-state index contributed by atoms with van der Waals surface area (Å²) in [6.07, 6.45) is 3.42. The molecular weight excluding hydrogens is 322 g/mol. The Morgan fingerprint density at radius 3 is 2.71 bits per heavy atom. The van der Waals surface area contributed by atoms with E-state index >= 15 is 0 Å². The number of pyridine rings is 1. The molecule has 17 heavy (non-hydrogen) atoms. The normalized spacial score (nSPS) is 10.9. The maximum atomic E-state index is 6.15. The summed E-state index contributed by atoms with van der Waals surface area (Å²) in [6, 6.07) is 3.72. The zero-order chi connectivity index (χ0) is 11.8. The first-order valence-corrected chi connectivity index (χ1v) is 6.81. The standard InChI is InChI=1S/C11H5BrClN3S/c12-7-5-17-9-8(7)15-11(16-10(9)13)6-1-3-14-4-2-6/h1-5H. The Morgan fingerprint density at radius 1 is 1.18 bits per heavy atom. The third kappa shape index (κ3) is 1.94. The third-order valence-electron chi connectivity index (χ3n) is 2.27. The molecule has 3 heterocycles. The molecule has 3 nitrogen and oxygen atoms in total. The lowest BCUT2D eigenvalue weighted by molar-refractivity contribution is 1.22. The van der Waals surface area contributed by atoms with Gasteiger partial charge in [0.1, 0.15) is 5.52 Å². The number of hydrogen-bond acceptors (Lipinski definition) is 4. The van der Waals surface area contributed by atoms with E-state index in [-0.39, 0.29) is 0 Å². The Hall–Kier alpha value is -1.04. The minimum Gasteiger partial charge on any atom is -0.265 e. The van der Waals surface area contributed by atoms with E-state index in [1.54, 1.807) is 12.4 Å². The molecule has 0 aliphatic carbocycles. The van der Waals surface area contributed by atoms with Gasteiger partial charge in [-0.05, 0) is 28.1 Å². The Balaban J connectivity index is 2.28. The summed E-state index contributed by atoms with van der Waals surface area (Å²) < 4.78 is 1.84. The zero-order valence-corrected chi connectivity index (χ0v) is 11.6. The molecular formula is C11H5BrClN3S. The van der Waals surface area contributed by atoms with E-state index in [0.717, 1.165) is 20.3 Å². The van der Waals surface area contributed by atoms with Crippen LogP contribution < -0.4 is 0 Å². The molecule has 0 unspecified atom stereocenters.